The van der Waals surface area contributed by atoms with Crippen LogP contribution in [0.2, 0.25) is 5.02 Å². The smallest absolute Gasteiger partial charge is 0.119 e. The van der Waals surface area contributed by atoms with Crippen molar-refractivity contribution in [1.29, 1.82) is 0 Å². The molecular formula is C27H28ClN3O. The topological polar surface area (TPSA) is 30.3 Å². The van der Waals surface area contributed by atoms with Gasteiger partial charge in [-0.1, -0.05) is 30.2 Å². The number of benzene rings is 2. The molecule has 0 bridgehead atoms. The van der Waals surface area contributed by atoms with E-state index in [1.54, 1.807) is 7.11 Å². The molecule has 4 aromatic rings. The Bertz CT molecular complexity index is 1230. The predicted molar refractivity (Wildman–Crippen MR) is 132 cm³/mol. The zero-order valence-corrected chi connectivity index (χ0v) is 19.2. The van der Waals surface area contributed by atoms with E-state index in [4.69, 9.17) is 16.3 Å². The molecule has 5 heteroatoms. The molecule has 0 atom stereocenters. The maximum Gasteiger partial charge on any atom is 0.119 e. The summed E-state index contributed by atoms with van der Waals surface area (Å²) in [5.74, 6) is 0.842. The zero-order valence-electron chi connectivity index (χ0n) is 18.4. The summed E-state index contributed by atoms with van der Waals surface area (Å²) in [4.78, 5) is 7.14. The Hall–Kier alpha value is -2.82. The van der Waals surface area contributed by atoms with Crippen LogP contribution in [0.3, 0.4) is 0 Å². The number of rotatable bonds is 6. The molecule has 5 rings (SSSR count). The Morgan fingerprint density at radius 3 is 2.59 bits per heavy atom. The van der Waals surface area contributed by atoms with Gasteiger partial charge in [-0.25, -0.2) is 0 Å². The van der Waals surface area contributed by atoms with Gasteiger partial charge in [-0.05, 0) is 67.9 Å². The van der Waals surface area contributed by atoms with E-state index in [2.05, 4.69) is 44.9 Å². The van der Waals surface area contributed by atoms with Gasteiger partial charge in [-0.15, -0.1) is 0 Å². The molecule has 1 fully saturated rings. The van der Waals surface area contributed by atoms with Crippen LogP contribution in [0, 0.1) is 0 Å². The number of aromatic nitrogens is 2. The Kier molecular flexibility index (Phi) is 6.15. The van der Waals surface area contributed by atoms with Gasteiger partial charge in [0.25, 0.3) is 0 Å². The van der Waals surface area contributed by atoms with Crippen molar-refractivity contribution in [1.82, 2.24) is 14.5 Å². The average molecular weight is 446 g/mol. The van der Waals surface area contributed by atoms with Crippen LogP contribution in [0.25, 0.3) is 33.2 Å². The third-order valence-corrected chi connectivity index (χ3v) is 6.64. The van der Waals surface area contributed by atoms with Crippen molar-refractivity contribution in [2.45, 2.75) is 25.8 Å². The summed E-state index contributed by atoms with van der Waals surface area (Å²) >= 11 is 6.40. The molecule has 0 aliphatic carbocycles. The molecule has 0 radical (unpaired) electrons. The molecule has 1 saturated heterocycles. The van der Waals surface area contributed by atoms with Crippen molar-refractivity contribution in [3.63, 3.8) is 0 Å². The number of likely N-dealkylation sites (tertiary alicyclic amines) is 1. The number of hydrogen-bond donors (Lipinski definition) is 0. The fourth-order valence-electron chi connectivity index (χ4n) is 4.66. The molecule has 2 aromatic heterocycles. The Morgan fingerprint density at radius 1 is 0.906 bits per heavy atom. The minimum atomic E-state index is 0.754. The Labute approximate surface area is 194 Å². The quantitative estimate of drug-likeness (QED) is 0.338. The first-order chi connectivity index (χ1) is 15.7. The number of halogens is 1. The largest absolute Gasteiger partial charge is 0.497 e. The van der Waals surface area contributed by atoms with Crippen molar-refractivity contribution in [2.24, 2.45) is 0 Å². The minimum Gasteiger partial charge on any atom is -0.497 e. The molecule has 1 aliphatic rings. The second-order valence-electron chi connectivity index (χ2n) is 8.49. The van der Waals surface area contributed by atoms with Crippen LogP contribution < -0.4 is 4.74 Å². The van der Waals surface area contributed by atoms with Crippen LogP contribution in [0.15, 0.2) is 67.1 Å². The van der Waals surface area contributed by atoms with Crippen molar-refractivity contribution >= 4 is 22.5 Å². The van der Waals surface area contributed by atoms with E-state index in [0.717, 1.165) is 40.6 Å². The predicted octanol–water partition coefficient (Wildman–Crippen LogP) is 6.52. The lowest BCUT2D eigenvalue weighted by molar-refractivity contribution is 0.222. The molecule has 0 unspecified atom stereocenters. The van der Waals surface area contributed by atoms with Crippen molar-refractivity contribution in [3.05, 3.63) is 72.1 Å². The van der Waals surface area contributed by atoms with E-state index in [1.165, 1.54) is 48.8 Å². The summed E-state index contributed by atoms with van der Waals surface area (Å²) in [6.07, 6.45) is 10.1. The van der Waals surface area contributed by atoms with Gasteiger partial charge in [0.05, 0.1) is 7.11 Å². The molecule has 32 heavy (non-hydrogen) atoms. The highest BCUT2D eigenvalue weighted by atomic mass is 35.5. The molecule has 0 N–H and O–H groups in total. The lowest BCUT2D eigenvalue weighted by atomic mass is 10.0. The van der Waals surface area contributed by atoms with Gasteiger partial charge in [-0.2, -0.15) is 0 Å². The Morgan fingerprint density at radius 2 is 1.75 bits per heavy atom. The molecule has 164 valence electrons. The maximum atomic E-state index is 6.40. The first-order valence-electron chi connectivity index (χ1n) is 11.3. The summed E-state index contributed by atoms with van der Waals surface area (Å²) in [7, 11) is 1.69. The monoisotopic (exact) mass is 445 g/mol. The fourth-order valence-corrected chi connectivity index (χ4v) is 4.84. The average Bonchev–Trinajstić information content (AvgIpc) is 3.21. The molecule has 0 saturated carbocycles. The van der Waals surface area contributed by atoms with Crippen LogP contribution in [0.5, 0.6) is 5.75 Å². The van der Waals surface area contributed by atoms with Gasteiger partial charge in [0.15, 0.2) is 0 Å². The van der Waals surface area contributed by atoms with Crippen LogP contribution in [0.1, 0.15) is 19.3 Å². The van der Waals surface area contributed by atoms with Crippen molar-refractivity contribution < 1.29 is 4.74 Å². The summed E-state index contributed by atoms with van der Waals surface area (Å²) < 4.78 is 7.77. The molecular weight excluding hydrogens is 418 g/mol. The van der Waals surface area contributed by atoms with E-state index >= 15 is 0 Å². The second-order valence-corrected chi connectivity index (χ2v) is 8.93. The fraction of sp³-hybridized carbons (Fsp3) is 0.296. The molecule has 2 aromatic carbocycles. The van der Waals surface area contributed by atoms with Crippen molar-refractivity contribution in [2.75, 3.05) is 26.7 Å². The number of piperidine rings is 1. The van der Waals surface area contributed by atoms with Gasteiger partial charge in [-0.3, -0.25) is 4.98 Å². The van der Waals surface area contributed by atoms with Crippen molar-refractivity contribution in [3.8, 4) is 28.0 Å². The number of fused-ring (bicyclic) bond motifs is 1. The summed E-state index contributed by atoms with van der Waals surface area (Å²) in [6.45, 7) is 4.48. The molecule has 4 nitrogen and oxygen atoms in total. The number of nitrogens with zero attached hydrogens (tertiary/aromatic N) is 3. The summed E-state index contributed by atoms with van der Waals surface area (Å²) in [6, 6.07) is 16.5. The highest BCUT2D eigenvalue weighted by Crippen LogP contribution is 2.34. The summed E-state index contributed by atoms with van der Waals surface area (Å²) in [5.41, 5.74) is 5.63. The maximum absolute atomic E-state index is 6.40. The molecule has 1 aliphatic heterocycles. The van der Waals surface area contributed by atoms with Crippen LogP contribution in [-0.4, -0.2) is 41.2 Å². The van der Waals surface area contributed by atoms with E-state index in [1.807, 2.05) is 36.7 Å². The number of ether oxygens (including phenoxy) is 1. The second kappa shape index (κ2) is 9.35. The van der Waals surface area contributed by atoms with E-state index in [0.29, 0.717) is 0 Å². The lowest BCUT2D eigenvalue weighted by Crippen LogP contribution is -2.32. The normalized spacial score (nSPS) is 14.7. The molecule has 0 amide bonds. The highest BCUT2D eigenvalue weighted by molar-refractivity contribution is 6.31. The summed E-state index contributed by atoms with van der Waals surface area (Å²) in [5, 5.41) is 1.92. The van der Waals surface area contributed by atoms with E-state index in [-0.39, 0.29) is 0 Å². The Balaban J connectivity index is 1.51. The first-order valence-corrected chi connectivity index (χ1v) is 11.7. The van der Waals surface area contributed by atoms with Crippen LogP contribution in [0.4, 0.5) is 0 Å². The lowest BCUT2D eigenvalue weighted by Gasteiger charge is -2.26. The third-order valence-electron chi connectivity index (χ3n) is 6.40. The molecule has 0 spiro atoms. The van der Waals surface area contributed by atoms with Gasteiger partial charge in [0, 0.05) is 64.3 Å². The van der Waals surface area contributed by atoms with Crippen LogP contribution in [-0.2, 0) is 6.54 Å². The number of hydrogen-bond acceptors (Lipinski definition) is 3. The first kappa shape index (κ1) is 21.0. The SMILES string of the molecule is COc1cccc(-c2cncc(-c3cn(CCN4CCCCC4)c4ccc(Cl)cc34)c2)c1. The highest BCUT2D eigenvalue weighted by Gasteiger charge is 2.15. The minimum absolute atomic E-state index is 0.754. The van der Waals surface area contributed by atoms with Gasteiger partial charge >= 0.3 is 0 Å². The van der Waals surface area contributed by atoms with E-state index in [9.17, 15) is 0 Å². The van der Waals surface area contributed by atoms with E-state index < -0.39 is 0 Å². The molecule has 3 heterocycles. The van der Waals surface area contributed by atoms with Gasteiger partial charge < -0.3 is 14.2 Å². The number of methoxy groups -OCH3 is 1. The standard InChI is InChI=1S/C27H28ClN3O/c1-32-24-7-5-6-20(15-24)21-14-22(18-29-17-21)26-19-31(13-12-30-10-3-2-4-11-30)27-9-8-23(28)16-25(26)27/h5-9,14-19H,2-4,10-13H2,1H3. The van der Waals surface area contributed by atoms with Crippen LogP contribution >= 0.6 is 11.6 Å². The van der Waals surface area contributed by atoms with Gasteiger partial charge in [0.2, 0.25) is 0 Å². The van der Waals surface area contributed by atoms with Gasteiger partial charge in [0.1, 0.15) is 5.75 Å². The third kappa shape index (κ3) is 4.38. The zero-order chi connectivity index (χ0) is 21.9. The number of pyridine rings is 1.